The van der Waals surface area contributed by atoms with Crippen LogP contribution in [0.4, 0.5) is 0 Å². The minimum atomic E-state index is 0.0823. The standard InChI is InChI=1S/C13H14N2O/c1-2-8-3-5-9(6-4-8)12-10-7-11(10)13(16)15-14-12/h3-6,10-11H,2,7H2,1H3,(H,15,16)/t10-,11+/m0/s1. The number of nitrogens with zero attached hydrogens (tertiary/aromatic N) is 1. The smallest absolute Gasteiger partial charge is 0.243 e. The van der Waals surface area contributed by atoms with Crippen molar-refractivity contribution in [1.82, 2.24) is 5.43 Å². The van der Waals surface area contributed by atoms with E-state index in [1.807, 2.05) is 0 Å². The number of aryl methyl sites for hydroxylation is 1. The van der Waals surface area contributed by atoms with Gasteiger partial charge in [-0.2, -0.15) is 5.10 Å². The minimum Gasteiger partial charge on any atom is -0.273 e. The maximum atomic E-state index is 11.3. The SMILES string of the molecule is CCc1ccc(C2=NNC(=O)[C@@H]3C[C@H]23)cc1. The third kappa shape index (κ3) is 1.43. The van der Waals surface area contributed by atoms with Crippen molar-refractivity contribution in [3.63, 3.8) is 0 Å². The maximum Gasteiger partial charge on any atom is 0.243 e. The van der Waals surface area contributed by atoms with E-state index in [1.165, 1.54) is 5.56 Å². The summed E-state index contributed by atoms with van der Waals surface area (Å²) in [6, 6.07) is 8.46. The van der Waals surface area contributed by atoms with Crippen LogP contribution >= 0.6 is 0 Å². The molecule has 16 heavy (non-hydrogen) atoms. The van der Waals surface area contributed by atoms with Crippen LogP contribution in [0.3, 0.4) is 0 Å². The fourth-order valence-corrected chi connectivity index (χ4v) is 2.26. The molecule has 2 atom stereocenters. The number of rotatable bonds is 2. The van der Waals surface area contributed by atoms with E-state index in [9.17, 15) is 4.79 Å². The predicted octanol–water partition coefficient (Wildman–Crippen LogP) is 1.72. The fraction of sp³-hybridized carbons (Fsp3) is 0.385. The summed E-state index contributed by atoms with van der Waals surface area (Å²) in [4.78, 5) is 11.3. The van der Waals surface area contributed by atoms with Gasteiger partial charge in [-0.05, 0) is 24.0 Å². The lowest BCUT2D eigenvalue weighted by Crippen LogP contribution is -2.28. The van der Waals surface area contributed by atoms with Crippen molar-refractivity contribution >= 4 is 11.6 Å². The maximum absolute atomic E-state index is 11.3. The number of benzene rings is 1. The normalized spacial score (nSPS) is 26.8. The molecule has 1 N–H and O–H groups in total. The first-order valence-corrected chi connectivity index (χ1v) is 5.76. The molecule has 1 aliphatic carbocycles. The molecule has 0 bridgehead atoms. The highest BCUT2D eigenvalue weighted by Gasteiger charge is 2.49. The van der Waals surface area contributed by atoms with E-state index >= 15 is 0 Å². The molecule has 1 aliphatic heterocycles. The monoisotopic (exact) mass is 214 g/mol. The Labute approximate surface area is 94.6 Å². The van der Waals surface area contributed by atoms with Crippen LogP contribution in [-0.2, 0) is 11.2 Å². The highest BCUT2D eigenvalue weighted by molar-refractivity contribution is 6.09. The molecule has 1 saturated carbocycles. The van der Waals surface area contributed by atoms with Crippen LogP contribution in [0.25, 0.3) is 0 Å². The van der Waals surface area contributed by atoms with Gasteiger partial charge in [-0.15, -0.1) is 0 Å². The summed E-state index contributed by atoms with van der Waals surface area (Å²) in [5, 5.41) is 4.18. The molecule has 1 aromatic rings. The number of nitrogens with one attached hydrogen (secondary N) is 1. The molecule has 0 saturated heterocycles. The molecular formula is C13H14N2O. The zero-order valence-corrected chi connectivity index (χ0v) is 9.23. The molecule has 0 radical (unpaired) electrons. The van der Waals surface area contributed by atoms with Gasteiger partial charge in [0.2, 0.25) is 5.91 Å². The Bertz CT molecular complexity index is 461. The first-order chi connectivity index (χ1) is 7.79. The van der Waals surface area contributed by atoms with Crippen molar-refractivity contribution in [3.8, 4) is 0 Å². The molecule has 0 spiro atoms. The Morgan fingerprint density at radius 1 is 1.31 bits per heavy atom. The molecule has 3 nitrogen and oxygen atoms in total. The van der Waals surface area contributed by atoms with E-state index in [0.29, 0.717) is 5.92 Å². The van der Waals surface area contributed by atoms with Gasteiger partial charge in [-0.25, -0.2) is 5.43 Å². The molecule has 82 valence electrons. The molecule has 0 aromatic heterocycles. The van der Waals surface area contributed by atoms with Gasteiger partial charge in [0.1, 0.15) is 0 Å². The van der Waals surface area contributed by atoms with E-state index in [2.05, 4.69) is 41.7 Å². The Kier molecular flexibility index (Phi) is 2.06. The van der Waals surface area contributed by atoms with Gasteiger partial charge >= 0.3 is 0 Å². The van der Waals surface area contributed by atoms with E-state index in [-0.39, 0.29) is 11.8 Å². The Morgan fingerprint density at radius 2 is 2.06 bits per heavy atom. The van der Waals surface area contributed by atoms with Gasteiger partial charge in [0.15, 0.2) is 0 Å². The van der Waals surface area contributed by atoms with Gasteiger partial charge in [0.25, 0.3) is 0 Å². The minimum absolute atomic E-state index is 0.0823. The fourth-order valence-electron chi connectivity index (χ4n) is 2.26. The van der Waals surface area contributed by atoms with Crippen molar-refractivity contribution in [2.24, 2.45) is 16.9 Å². The number of hydrogen-bond acceptors (Lipinski definition) is 2. The van der Waals surface area contributed by atoms with Crippen molar-refractivity contribution in [3.05, 3.63) is 35.4 Å². The number of hydrazone groups is 1. The number of carbonyl (C=O) groups is 1. The summed E-state index contributed by atoms with van der Waals surface area (Å²) in [6.45, 7) is 2.14. The third-order valence-corrected chi connectivity index (χ3v) is 3.42. The van der Waals surface area contributed by atoms with Gasteiger partial charge in [0, 0.05) is 11.8 Å². The lowest BCUT2D eigenvalue weighted by atomic mass is 10.0. The summed E-state index contributed by atoms with van der Waals surface area (Å²) in [5.41, 5.74) is 6.12. The number of amides is 1. The molecule has 3 heteroatoms. The average molecular weight is 214 g/mol. The van der Waals surface area contributed by atoms with Gasteiger partial charge < -0.3 is 0 Å². The summed E-state index contributed by atoms with van der Waals surface area (Å²) >= 11 is 0. The average Bonchev–Trinajstić information content (AvgIpc) is 3.11. The second-order valence-corrected chi connectivity index (χ2v) is 4.47. The molecule has 0 unspecified atom stereocenters. The molecule has 2 aliphatic rings. The van der Waals surface area contributed by atoms with Gasteiger partial charge in [-0.1, -0.05) is 31.2 Å². The molecule has 3 rings (SSSR count). The van der Waals surface area contributed by atoms with Crippen LogP contribution in [0, 0.1) is 11.8 Å². The first kappa shape index (κ1) is 9.58. The van der Waals surface area contributed by atoms with E-state index < -0.39 is 0 Å². The Morgan fingerprint density at radius 3 is 2.75 bits per heavy atom. The Hall–Kier alpha value is -1.64. The molecular weight excluding hydrogens is 200 g/mol. The number of hydrogen-bond donors (Lipinski definition) is 1. The lowest BCUT2D eigenvalue weighted by molar-refractivity contribution is -0.122. The molecule has 1 heterocycles. The van der Waals surface area contributed by atoms with Crippen LogP contribution < -0.4 is 5.43 Å². The van der Waals surface area contributed by atoms with E-state index in [1.54, 1.807) is 0 Å². The van der Waals surface area contributed by atoms with E-state index in [4.69, 9.17) is 0 Å². The van der Waals surface area contributed by atoms with Crippen LogP contribution in [-0.4, -0.2) is 11.6 Å². The van der Waals surface area contributed by atoms with Crippen LogP contribution in [0.1, 0.15) is 24.5 Å². The summed E-state index contributed by atoms with van der Waals surface area (Å²) in [5.74, 6) is 0.624. The largest absolute Gasteiger partial charge is 0.273 e. The van der Waals surface area contributed by atoms with Crippen LogP contribution in [0.2, 0.25) is 0 Å². The molecule has 1 aromatic carbocycles. The highest BCUT2D eigenvalue weighted by atomic mass is 16.2. The summed E-state index contributed by atoms with van der Waals surface area (Å²) < 4.78 is 0. The molecule has 1 fully saturated rings. The van der Waals surface area contributed by atoms with Crippen molar-refractivity contribution in [2.45, 2.75) is 19.8 Å². The van der Waals surface area contributed by atoms with Crippen LogP contribution in [0.5, 0.6) is 0 Å². The van der Waals surface area contributed by atoms with E-state index in [0.717, 1.165) is 24.1 Å². The topological polar surface area (TPSA) is 41.5 Å². The Balaban J connectivity index is 1.90. The zero-order valence-electron chi connectivity index (χ0n) is 9.23. The van der Waals surface area contributed by atoms with Gasteiger partial charge in [-0.3, -0.25) is 4.79 Å². The highest BCUT2D eigenvalue weighted by Crippen LogP contribution is 2.43. The first-order valence-electron chi connectivity index (χ1n) is 5.76. The second-order valence-electron chi connectivity index (χ2n) is 4.47. The zero-order chi connectivity index (χ0) is 11.1. The van der Waals surface area contributed by atoms with Gasteiger partial charge in [0.05, 0.1) is 5.71 Å². The third-order valence-electron chi connectivity index (χ3n) is 3.42. The van der Waals surface area contributed by atoms with Crippen molar-refractivity contribution < 1.29 is 4.79 Å². The number of carbonyl (C=O) groups excluding carboxylic acids is 1. The van der Waals surface area contributed by atoms with Crippen molar-refractivity contribution in [2.75, 3.05) is 0 Å². The van der Waals surface area contributed by atoms with Crippen LogP contribution in [0.15, 0.2) is 29.4 Å². The number of fused-ring (bicyclic) bond motifs is 1. The van der Waals surface area contributed by atoms with Crippen molar-refractivity contribution in [1.29, 1.82) is 0 Å². The molecule has 1 amide bonds. The summed E-state index contributed by atoms with van der Waals surface area (Å²) in [6.07, 6.45) is 2.01. The quantitative estimate of drug-likeness (QED) is 0.800. The lowest BCUT2D eigenvalue weighted by Gasteiger charge is -2.11. The summed E-state index contributed by atoms with van der Waals surface area (Å²) in [7, 11) is 0. The predicted molar refractivity (Wildman–Crippen MR) is 62.1 cm³/mol. The second kappa shape index (κ2) is 3.44.